The molecule has 0 heterocycles. The van der Waals surface area contributed by atoms with Crippen molar-refractivity contribution in [1.29, 1.82) is 0 Å². The van der Waals surface area contributed by atoms with Crippen LogP contribution in [0.3, 0.4) is 0 Å². The number of hydrogen-bond donors (Lipinski definition) is 1. The molecule has 1 nitrogen and oxygen atoms in total. The van der Waals surface area contributed by atoms with Crippen LogP contribution in [0.1, 0.15) is 50.5 Å². The highest BCUT2D eigenvalue weighted by Crippen LogP contribution is 2.28. The van der Waals surface area contributed by atoms with Crippen molar-refractivity contribution in [3.8, 4) is 0 Å². The SMILES string of the molecule is NC(CCC1CCCCC1)Cc1ccc(Br)cc1F. The van der Waals surface area contributed by atoms with Crippen LogP contribution >= 0.6 is 15.9 Å². The van der Waals surface area contributed by atoms with E-state index in [0.29, 0.717) is 6.42 Å². The van der Waals surface area contributed by atoms with Crippen LogP contribution in [0.15, 0.2) is 22.7 Å². The Kier molecular flexibility index (Phi) is 5.83. The van der Waals surface area contributed by atoms with Crippen molar-refractivity contribution < 1.29 is 4.39 Å². The number of benzene rings is 1. The number of halogens is 2. The Labute approximate surface area is 123 Å². The number of hydrogen-bond acceptors (Lipinski definition) is 1. The van der Waals surface area contributed by atoms with E-state index >= 15 is 0 Å². The fourth-order valence-corrected chi connectivity index (χ4v) is 3.33. The van der Waals surface area contributed by atoms with Crippen LogP contribution in [0.5, 0.6) is 0 Å². The van der Waals surface area contributed by atoms with Gasteiger partial charge in [-0.05, 0) is 42.9 Å². The van der Waals surface area contributed by atoms with Crippen LogP contribution in [0.4, 0.5) is 4.39 Å². The first-order chi connectivity index (χ1) is 9.15. The molecule has 0 aliphatic heterocycles. The normalized spacial score (nSPS) is 18.5. The highest BCUT2D eigenvalue weighted by Gasteiger charge is 2.15. The molecule has 1 aromatic carbocycles. The summed E-state index contributed by atoms with van der Waals surface area (Å²) in [6, 6.07) is 5.31. The van der Waals surface area contributed by atoms with Gasteiger partial charge in [0.05, 0.1) is 0 Å². The predicted molar refractivity (Wildman–Crippen MR) is 81.6 cm³/mol. The van der Waals surface area contributed by atoms with E-state index in [1.54, 1.807) is 0 Å². The van der Waals surface area contributed by atoms with Crippen LogP contribution in [0, 0.1) is 11.7 Å². The first kappa shape index (κ1) is 15.0. The molecule has 0 radical (unpaired) electrons. The fraction of sp³-hybridized carbons (Fsp3) is 0.625. The average Bonchev–Trinajstić information content (AvgIpc) is 2.41. The predicted octanol–water partition coefficient (Wildman–Crippen LogP) is 4.82. The van der Waals surface area contributed by atoms with Crippen LogP contribution in [0.2, 0.25) is 0 Å². The molecule has 1 aromatic rings. The third-order valence-corrected chi connectivity index (χ3v) is 4.66. The monoisotopic (exact) mass is 327 g/mol. The molecule has 106 valence electrons. The van der Waals surface area contributed by atoms with Crippen LogP contribution < -0.4 is 5.73 Å². The third kappa shape index (κ3) is 4.88. The molecular formula is C16H23BrFN. The maximum atomic E-state index is 13.7. The number of rotatable bonds is 5. The van der Waals surface area contributed by atoms with Gasteiger partial charge < -0.3 is 5.73 Å². The van der Waals surface area contributed by atoms with Gasteiger partial charge in [0.1, 0.15) is 5.82 Å². The fourth-order valence-electron chi connectivity index (χ4n) is 3.00. The van der Waals surface area contributed by atoms with Crippen molar-refractivity contribution >= 4 is 15.9 Å². The maximum absolute atomic E-state index is 13.7. The van der Waals surface area contributed by atoms with E-state index in [0.717, 1.165) is 22.4 Å². The van der Waals surface area contributed by atoms with E-state index in [9.17, 15) is 4.39 Å². The largest absolute Gasteiger partial charge is 0.327 e. The second-order valence-electron chi connectivity index (χ2n) is 5.78. The van der Waals surface area contributed by atoms with Gasteiger partial charge in [0.2, 0.25) is 0 Å². The van der Waals surface area contributed by atoms with E-state index in [4.69, 9.17) is 5.73 Å². The van der Waals surface area contributed by atoms with E-state index < -0.39 is 0 Å². The molecule has 1 saturated carbocycles. The minimum atomic E-state index is -0.150. The van der Waals surface area contributed by atoms with Gasteiger partial charge in [0.15, 0.2) is 0 Å². The lowest BCUT2D eigenvalue weighted by atomic mass is 9.85. The van der Waals surface area contributed by atoms with Gasteiger partial charge in [-0.3, -0.25) is 0 Å². The summed E-state index contributed by atoms with van der Waals surface area (Å²) < 4.78 is 14.5. The summed E-state index contributed by atoms with van der Waals surface area (Å²) in [4.78, 5) is 0. The Morgan fingerprint density at radius 2 is 2.00 bits per heavy atom. The summed E-state index contributed by atoms with van der Waals surface area (Å²) in [6.45, 7) is 0. The van der Waals surface area contributed by atoms with Crippen LogP contribution in [-0.4, -0.2) is 6.04 Å². The molecular weight excluding hydrogens is 305 g/mol. The van der Waals surface area contributed by atoms with Gasteiger partial charge in [-0.2, -0.15) is 0 Å². The zero-order valence-corrected chi connectivity index (χ0v) is 13.0. The summed E-state index contributed by atoms with van der Waals surface area (Å²) in [5.74, 6) is 0.706. The lowest BCUT2D eigenvalue weighted by Gasteiger charge is -2.23. The van der Waals surface area contributed by atoms with Crippen molar-refractivity contribution in [1.82, 2.24) is 0 Å². The summed E-state index contributed by atoms with van der Waals surface area (Å²) >= 11 is 3.27. The van der Waals surface area contributed by atoms with E-state index in [2.05, 4.69) is 15.9 Å². The Hall–Kier alpha value is -0.410. The molecule has 0 bridgehead atoms. The van der Waals surface area contributed by atoms with Gasteiger partial charge in [0, 0.05) is 10.5 Å². The lowest BCUT2D eigenvalue weighted by Crippen LogP contribution is -2.24. The van der Waals surface area contributed by atoms with Crippen LogP contribution in [-0.2, 0) is 6.42 Å². The lowest BCUT2D eigenvalue weighted by molar-refractivity contribution is 0.322. The van der Waals surface area contributed by atoms with Crippen molar-refractivity contribution in [3.63, 3.8) is 0 Å². The van der Waals surface area contributed by atoms with Gasteiger partial charge in [0.25, 0.3) is 0 Å². The first-order valence-corrected chi connectivity index (χ1v) is 8.14. The Balaban J connectivity index is 1.78. The minimum Gasteiger partial charge on any atom is -0.327 e. The molecule has 2 rings (SSSR count). The standard InChI is InChI=1S/C16H23BrFN/c17-14-8-7-13(16(18)11-14)10-15(19)9-6-12-4-2-1-3-5-12/h7-8,11-12,15H,1-6,9-10,19H2. The third-order valence-electron chi connectivity index (χ3n) is 4.17. The molecule has 19 heavy (non-hydrogen) atoms. The molecule has 1 fully saturated rings. The quantitative estimate of drug-likeness (QED) is 0.824. The van der Waals surface area contributed by atoms with Crippen molar-refractivity contribution in [2.45, 2.75) is 57.4 Å². The Morgan fingerprint density at radius 3 is 2.68 bits per heavy atom. The van der Waals surface area contributed by atoms with Gasteiger partial charge in [-0.25, -0.2) is 4.39 Å². The molecule has 0 spiro atoms. The summed E-state index contributed by atoms with van der Waals surface area (Å²) in [5.41, 5.74) is 6.89. The van der Waals surface area contributed by atoms with Gasteiger partial charge in [-0.1, -0.05) is 54.1 Å². The smallest absolute Gasteiger partial charge is 0.127 e. The Morgan fingerprint density at radius 1 is 1.26 bits per heavy atom. The summed E-state index contributed by atoms with van der Waals surface area (Å²) in [6.07, 6.45) is 9.74. The minimum absolute atomic E-state index is 0.0811. The molecule has 1 atom stereocenters. The molecule has 2 N–H and O–H groups in total. The molecule has 0 saturated heterocycles. The Bertz CT molecular complexity index is 402. The number of nitrogens with two attached hydrogens (primary N) is 1. The van der Waals surface area contributed by atoms with Crippen molar-refractivity contribution in [2.24, 2.45) is 11.7 Å². The topological polar surface area (TPSA) is 26.0 Å². The maximum Gasteiger partial charge on any atom is 0.127 e. The molecule has 3 heteroatoms. The highest BCUT2D eigenvalue weighted by atomic mass is 79.9. The molecule has 1 unspecified atom stereocenters. The summed E-state index contributed by atoms with van der Waals surface area (Å²) in [5, 5.41) is 0. The van der Waals surface area contributed by atoms with E-state index in [1.165, 1.54) is 44.6 Å². The van der Waals surface area contributed by atoms with Gasteiger partial charge >= 0.3 is 0 Å². The first-order valence-electron chi connectivity index (χ1n) is 7.34. The molecule has 1 aliphatic rings. The van der Waals surface area contributed by atoms with Crippen molar-refractivity contribution in [3.05, 3.63) is 34.1 Å². The van der Waals surface area contributed by atoms with E-state index in [-0.39, 0.29) is 11.9 Å². The zero-order valence-electron chi connectivity index (χ0n) is 11.4. The van der Waals surface area contributed by atoms with Gasteiger partial charge in [-0.15, -0.1) is 0 Å². The average molecular weight is 328 g/mol. The van der Waals surface area contributed by atoms with Crippen LogP contribution in [0.25, 0.3) is 0 Å². The highest BCUT2D eigenvalue weighted by molar-refractivity contribution is 9.10. The molecule has 0 aromatic heterocycles. The zero-order chi connectivity index (χ0) is 13.7. The molecule has 0 amide bonds. The second-order valence-corrected chi connectivity index (χ2v) is 6.70. The molecule has 1 aliphatic carbocycles. The van der Waals surface area contributed by atoms with E-state index in [1.807, 2.05) is 12.1 Å². The summed E-state index contributed by atoms with van der Waals surface area (Å²) in [7, 11) is 0. The van der Waals surface area contributed by atoms with Crippen molar-refractivity contribution in [2.75, 3.05) is 0 Å². The second kappa shape index (κ2) is 7.39.